The lowest BCUT2D eigenvalue weighted by Crippen LogP contribution is -2.09. The zero-order valence-corrected chi connectivity index (χ0v) is 11.1. The van der Waals surface area contributed by atoms with Gasteiger partial charge in [0.2, 0.25) is 0 Å². The molecule has 92 valence electrons. The second-order valence-electron chi connectivity index (χ2n) is 3.93. The number of H-pyrrole nitrogens is 1. The smallest absolute Gasteiger partial charge is 0.272 e. The van der Waals surface area contributed by atoms with Crippen molar-refractivity contribution in [3.05, 3.63) is 46.9 Å². The fourth-order valence-corrected chi connectivity index (χ4v) is 2.20. The molecule has 1 N–H and O–H groups in total. The fraction of sp³-hybridized carbons (Fsp3) is 0.154. The van der Waals surface area contributed by atoms with E-state index in [1.807, 2.05) is 34.9 Å². The molecule has 0 saturated heterocycles. The molecule has 0 aliphatic carbocycles. The molecule has 0 fully saturated rings. The van der Waals surface area contributed by atoms with E-state index in [-0.39, 0.29) is 5.56 Å². The van der Waals surface area contributed by atoms with E-state index in [4.69, 9.17) is 4.74 Å². The molecule has 2 aromatic heterocycles. The SMILES string of the molecule is O=c1[nH]c2cc(OCCBr)ccc2n2cccc12. The van der Waals surface area contributed by atoms with Crippen LogP contribution in [0.2, 0.25) is 0 Å². The van der Waals surface area contributed by atoms with Gasteiger partial charge in [0.05, 0.1) is 17.6 Å². The van der Waals surface area contributed by atoms with E-state index >= 15 is 0 Å². The van der Waals surface area contributed by atoms with Crippen LogP contribution in [0.3, 0.4) is 0 Å². The zero-order valence-electron chi connectivity index (χ0n) is 9.52. The number of aromatic amines is 1. The number of rotatable bonds is 3. The highest BCUT2D eigenvalue weighted by Gasteiger charge is 2.05. The number of hydrogen-bond donors (Lipinski definition) is 1. The Morgan fingerprint density at radius 2 is 2.17 bits per heavy atom. The van der Waals surface area contributed by atoms with Gasteiger partial charge in [0.15, 0.2) is 0 Å². The van der Waals surface area contributed by atoms with Crippen molar-refractivity contribution >= 4 is 32.5 Å². The standard InChI is InChI=1S/C13H11BrN2O2/c14-5-7-18-9-3-4-11-10(8-9)15-13(17)12-2-1-6-16(11)12/h1-4,6,8H,5,7H2,(H,15,17). The molecule has 5 heteroatoms. The van der Waals surface area contributed by atoms with Crippen molar-refractivity contribution in [3.63, 3.8) is 0 Å². The summed E-state index contributed by atoms with van der Waals surface area (Å²) >= 11 is 3.31. The predicted molar refractivity (Wildman–Crippen MR) is 74.8 cm³/mol. The van der Waals surface area contributed by atoms with Crippen LogP contribution in [0, 0.1) is 0 Å². The van der Waals surface area contributed by atoms with E-state index in [1.54, 1.807) is 6.07 Å². The van der Waals surface area contributed by atoms with Gasteiger partial charge in [-0.2, -0.15) is 0 Å². The third-order valence-corrected chi connectivity index (χ3v) is 3.13. The van der Waals surface area contributed by atoms with Gasteiger partial charge in [-0.15, -0.1) is 0 Å². The highest BCUT2D eigenvalue weighted by atomic mass is 79.9. The Labute approximate surface area is 111 Å². The van der Waals surface area contributed by atoms with E-state index < -0.39 is 0 Å². The normalized spacial score (nSPS) is 11.2. The van der Waals surface area contributed by atoms with Gasteiger partial charge in [-0.1, -0.05) is 15.9 Å². The summed E-state index contributed by atoms with van der Waals surface area (Å²) < 4.78 is 7.40. The second-order valence-corrected chi connectivity index (χ2v) is 4.73. The van der Waals surface area contributed by atoms with Crippen molar-refractivity contribution in [3.8, 4) is 5.75 Å². The van der Waals surface area contributed by atoms with Gasteiger partial charge < -0.3 is 14.1 Å². The predicted octanol–water partition coefficient (Wildman–Crippen LogP) is 2.55. The maximum atomic E-state index is 11.9. The van der Waals surface area contributed by atoms with Crippen LogP contribution in [0.1, 0.15) is 0 Å². The van der Waals surface area contributed by atoms with Crippen molar-refractivity contribution < 1.29 is 4.74 Å². The highest BCUT2D eigenvalue weighted by Crippen LogP contribution is 2.19. The van der Waals surface area contributed by atoms with E-state index in [0.29, 0.717) is 12.1 Å². The number of nitrogens with one attached hydrogen (secondary N) is 1. The van der Waals surface area contributed by atoms with Crippen LogP contribution in [0.5, 0.6) is 5.75 Å². The Kier molecular flexibility index (Phi) is 2.83. The van der Waals surface area contributed by atoms with Crippen molar-refractivity contribution in [2.75, 3.05) is 11.9 Å². The summed E-state index contributed by atoms with van der Waals surface area (Å²) in [5, 5.41) is 0.776. The number of ether oxygens (including phenoxy) is 1. The van der Waals surface area contributed by atoms with Gasteiger partial charge in [0.25, 0.3) is 5.56 Å². The first-order valence-electron chi connectivity index (χ1n) is 5.61. The summed E-state index contributed by atoms with van der Waals surface area (Å²) in [6.07, 6.45) is 1.88. The second kappa shape index (κ2) is 4.49. The van der Waals surface area contributed by atoms with Gasteiger partial charge >= 0.3 is 0 Å². The molecule has 1 aromatic carbocycles. The lowest BCUT2D eigenvalue weighted by Gasteiger charge is -2.07. The first-order valence-corrected chi connectivity index (χ1v) is 6.73. The average Bonchev–Trinajstić information content (AvgIpc) is 2.86. The number of hydrogen-bond acceptors (Lipinski definition) is 2. The summed E-state index contributed by atoms with van der Waals surface area (Å²) in [4.78, 5) is 14.7. The van der Waals surface area contributed by atoms with Gasteiger partial charge in [-0.05, 0) is 24.3 Å². The number of nitrogens with zero attached hydrogens (tertiary/aromatic N) is 1. The van der Waals surface area contributed by atoms with Crippen LogP contribution >= 0.6 is 15.9 Å². The summed E-state index contributed by atoms with van der Waals surface area (Å²) in [5.41, 5.74) is 2.29. The number of aromatic nitrogens is 2. The average molecular weight is 307 g/mol. The van der Waals surface area contributed by atoms with Crippen LogP contribution in [0.15, 0.2) is 41.3 Å². The first kappa shape index (κ1) is 11.3. The summed E-state index contributed by atoms with van der Waals surface area (Å²) in [6.45, 7) is 0.599. The fourth-order valence-electron chi connectivity index (χ4n) is 2.03. The molecule has 0 radical (unpaired) electrons. The highest BCUT2D eigenvalue weighted by molar-refractivity contribution is 9.09. The van der Waals surface area contributed by atoms with Crippen LogP contribution in [-0.2, 0) is 0 Å². The maximum absolute atomic E-state index is 11.9. The topological polar surface area (TPSA) is 46.5 Å². The molecule has 0 aliphatic rings. The minimum absolute atomic E-state index is 0.0925. The van der Waals surface area contributed by atoms with Gasteiger partial charge in [-0.3, -0.25) is 4.79 Å². The Balaban J connectivity index is 2.22. The van der Waals surface area contributed by atoms with Crippen molar-refractivity contribution in [2.24, 2.45) is 0 Å². The molecule has 0 atom stereocenters. The van der Waals surface area contributed by atoms with Crippen molar-refractivity contribution in [2.45, 2.75) is 0 Å². The Morgan fingerprint density at radius 3 is 3.00 bits per heavy atom. The number of halogens is 1. The molecule has 2 heterocycles. The van der Waals surface area contributed by atoms with Gasteiger partial charge in [0, 0.05) is 17.6 Å². The van der Waals surface area contributed by atoms with Crippen molar-refractivity contribution in [1.29, 1.82) is 0 Å². The molecular formula is C13H11BrN2O2. The summed E-state index contributed by atoms with van der Waals surface area (Å²) in [6, 6.07) is 9.36. The minimum Gasteiger partial charge on any atom is -0.493 e. The van der Waals surface area contributed by atoms with Crippen molar-refractivity contribution in [1.82, 2.24) is 9.38 Å². The Hall–Kier alpha value is -1.75. The maximum Gasteiger partial charge on any atom is 0.272 e. The van der Waals surface area contributed by atoms with Crippen LogP contribution < -0.4 is 10.3 Å². The number of alkyl halides is 1. The molecule has 3 rings (SSSR count). The van der Waals surface area contributed by atoms with Crippen LogP contribution in [-0.4, -0.2) is 21.3 Å². The first-order chi connectivity index (χ1) is 8.79. The Bertz CT molecular complexity index is 760. The molecule has 0 unspecified atom stereocenters. The quantitative estimate of drug-likeness (QED) is 0.756. The Morgan fingerprint density at radius 1 is 1.28 bits per heavy atom. The third-order valence-electron chi connectivity index (χ3n) is 2.80. The van der Waals surface area contributed by atoms with E-state index in [2.05, 4.69) is 20.9 Å². The molecule has 0 bridgehead atoms. The molecule has 0 amide bonds. The van der Waals surface area contributed by atoms with E-state index in [9.17, 15) is 4.79 Å². The van der Waals surface area contributed by atoms with Crippen LogP contribution in [0.25, 0.3) is 16.6 Å². The van der Waals surface area contributed by atoms with Gasteiger partial charge in [0.1, 0.15) is 11.3 Å². The lowest BCUT2D eigenvalue weighted by molar-refractivity contribution is 0.345. The molecule has 0 saturated carbocycles. The molecule has 3 aromatic rings. The summed E-state index contributed by atoms with van der Waals surface area (Å²) in [5.74, 6) is 0.754. The largest absolute Gasteiger partial charge is 0.493 e. The summed E-state index contributed by atoms with van der Waals surface area (Å²) in [7, 11) is 0. The minimum atomic E-state index is -0.0925. The van der Waals surface area contributed by atoms with E-state index in [1.165, 1.54) is 0 Å². The molecular weight excluding hydrogens is 296 g/mol. The molecule has 4 nitrogen and oxygen atoms in total. The van der Waals surface area contributed by atoms with E-state index in [0.717, 1.165) is 22.1 Å². The zero-order chi connectivity index (χ0) is 12.5. The number of fused-ring (bicyclic) bond motifs is 3. The third kappa shape index (κ3) is 1.80. The lowest BCUT2D eigenvalue weighted by atomic mass is 10.3. The monoisotopic (exact) mass is 306 g/mol. The molecule has 18 heavy (non-hydrogen) atoms. The molecule has 0 spiro atoms. The van der Waals surface area contributed by atoms with Gasteiger partial charge in [-0.25, -0.2) is 0 Å². The van der Waals surface area contributed by atoms with Crippen LogP contribution in [0.4, 0.5) is 0 Å². The molecule has 0 aliphatic heterocycles. The number of benzene rings is 1.